The number of benzene rings is 1. The van der Waals surface area contributed by atoms with Crippen LogP contribution in [0.15, 0.2) is 24.3 Å². The first kappa shape index (κ1) is 12.7. The zero-order chi connectivity index (χ0) is 13.2. The van der Waals surface area contributed by atoms with Gasteiger partial charge in [0.05, 0.1) is 6.61 Å². The van der Waals surface area contributed by atoms with Crippen LogP contribution in [0.1, 0.15) is 31.9 Å². The molecule has 0 amide bonds. The van der Waals surface area contributed by atoms with Crippen molar-refractivity contribution in [2.75, 3.05) is 6.61 Å². The van der Waals surface area contributed by atoms with E-state index in [0.29, 0.717) is 0 Å². The zero-order valence-corrected chi connectivity index (χ0v) is 11.0. The molecule has 1 aliphatic rings. The van der Waals surface area contributed by atoms with Gasteiger partial charge in [-0.05, 0) is 50.1 Å². The van der Waals surface area contributed by atoms with E-state index in [2.05, 4.69) is 0 Å². The molecule has 0 radical (unpaired) electrons. The van der Waals surface area contributed by atoms with Crippen molar-refractivity contribution in [3.05, 3.63) is 35.4 Å². The molecule has 3 heteroatoms. The largest absolute Gasteiger partial charge is 0.493 e. The molecular weight excluding hydrogens is 228 g/mol. The van der Waals surface area contributed by atoms with Gasteiger partial charge in [-0.15, -0.1) is 0 Å². The van der Waals surface area contributed by atoms with E-state index >= 15 is 0 Å². The van der Waals surface area contributed by atoms with Gasteiger partial charge in [0.25, 0.3) is 0 Å². The van der Waals surface area contributed by atoms with Crippen LogP contribution in [-0.2, 0) is 16.0 Å². The topological polar surface area (TPSA) is 35.5 Å². The Morgan fingerprint density at radius 3 is 2.89 bits per heavy atom. The highest BCUT2D eigenvalue weighted by Gasteiger charge is 2.14. The Morgan fingerprint density at radius 1 is 1.39 bits per heavy atom. The maximum absolute atomic E-state index is 11.5. The van der Waals surface area contributed by atoms with Crippen LogP contribution in [0.2, 0.25) is 0 Å². The van der Waals surface area contributed by atoms with Gasteiger partial charge in [0.15, 0.2) is 0 Å². The minimum atomic E-state index is -0.451. The van der Waals surface area contributed by atoms with Crippen LogP contribution < -0.4 is 4.74 Å². The molecule has 3 nitrogen and oxygen atoms in total. The number of ether oxygens (including phenoxy) is 2. The van der Waals surface area contributed by atoms with Crippen LogP contribution in [0.5, 0.6) is 5.75 Å². The minimum Gasteiger partial charge on any atom is -0.493 e. The summed E-state index contributed by atoms with van der Waals surface area (Å²) in [6.07, 6.45) is 4.17. The molecule has 0 saturated heterocycles. The first-order valence-electron chi connectivity index (χ1n) is 6.11. The Kier molecular flexibility index (Phi) is 3.41. The van der Waals surface area contributed by atoms with E-state index in [9.17, 15) is 4.79 Å². The van der Waals surface area contributed by atoms with Crippen molar-refractivity contribution in [1.29, 1.82) is 0 Å². The summed E-state index contributed by atoms with van der Waals surface area (Å²) in [6, 6.07) is 5.92. The molecular formula is C15H18O3. The predicted molar refractivity (Wildman–Crippen MR) is 70.5 cm³/mol. The Labute approximate surface area is 107 Å². The van der Waals surface area contributed by atoms with Gasteiger partial charge in [0.2, 0.25) is 0 Å². The van der Waals surface area contributed by atoms with Crippen LogP contribution in [0.3, 0.4) is 0 Å². The fourth-order valence-corrected chi connectivity index (χ4v) is 1.81. The van der Waals surface area contributed by atoms with Crippen LogP contribution >= 0.6 is 0 Å². The highest BCUT2D eigenvalue weighted by molar-refractivity contribution is 5.87. The molecule has 0 N–H and O–H groups in total. The molecule has 0 aromatic heterocycles. The van der Waals surface area contributed by atoms with Crippen molar-refractivity contribution in [2.45, 2.75) is 32.8 Å². The van der Waals surface area contributed by atoms with Gasteiger partial charge < -0.3 is 9.47 Å². The number of hydrogen-bond acceptors (Lipinski definition) is 3. The van der Waals surface area contributed by atoms with Gasteiger partial charge in [-0.1, -0.05) is 6.07 Å². The third kappa shape index (κ3) is 3.36. The van der Waals surface area contributed by atoms with Crippen molar-refractivity contribution >= 4 is 12.0 Å². The first-order chi connectivity index (χ1) is 8.44. The van der Waals surface area contributed by atoms with Crippen molar-refractivity contribution < 1.29 is 14.3 Å². The van der Waals surface area contributed by atoms with Gasteiger partial charge in [-0.25, -0.2) is 4.79 Å². The molecule has 1 aromatic carbocycles. The summed E-state index contributed by atoms with van der Waals surface area (Å²) in [5, 5.41) is 0. The second-order valence-corrected chi connectivity index (χ2v) is 5.33. The van der Waals surface area contributed by atoms with Gasteiger partial charge in [-0.3, -0.25) is 0 Å². The van der Waals surface area contributed by atoms with Gasteiger partial charge in [0.1, 0.15) is 11.4 Å². The van der Waals surface area contributed by atoms with E-state index in [4.69, 9.17) is 9.47 Å². The van der Waals surface area contributed by atoms with Crippen LogP contribution in [0.25, 0.3) is 6.08 Å². The van der Waals surface area contributed by atoms with E-state index < -0.39 is 5.60 Å². The summed E-state index contributed by atoms with van der Waals surface area (Å²) in [7, 11) is 0. The van der Waals surface area contributed by atoms with Crippen molar-refractivity contribution in [2.24, 2.45) is 0 Å². The molecule has 18 heavy (non-hydrogen) atoms. The molecule has 0 bridgehead atoms. The lowest BCUT2D eigenvalue weighted by molar-refractivity contribution is -0.148. The van der Waals surface area contributed by atoms with Crippen molar-refractivity contribution in [3.8, 4) is 5.75 Å². The molecule has 96 valence electrons. The number of hydrogen-bond donors (Lipinski definition) is 0. The van der Waals surface area contributed by atoms with E-state index in [1.165, 1.54) is 11.6 Å². The van der Waals surface area contributed by atoms with Crippen LogP contribution in [0.4, 0.5) is 0 Å². The maximum atomic E-state index is 11.5. The van der Waals surface area contributed by atoms with E-state index in [1.807, 2.05) is 39.0 Å². The monoisotopic (exact) mass is 246 g/mol. The molecule has 1 aliphatic heterocycles. The van der Waals surface area contributed by atoms with Gasteiger partial charge >= 0.3 is 5.97 Å². The Bertz CT molecular complexity index is 481. The number of rotatable bonds is 2. The van der Waals surface area contributed by atoms with Crippen LogP contribution in [0, 0.1) is 0 Å². The predicted octanol–water partition coefficient (Wildman–Crippen LogP) is 2.98. The van der Waals surface area contributed by atoms with E-state index in [0.717, 1.165) is 24.3 Å². The lowest BCUT2D eigenvalue weighted by Gasteiger charge is -2.17. The van der Waals surface area contributed by atoms with Crippen LogP contribution in [-0.4, -0.2) is 18.2 Å². The minimum absolute atomic E-state index is 0.320. The van der Waals surface area contributed by atoms with E-state index in [-0.39, 0.29) is 5.97 Å². The first-order valence-corrected chi connectivity index (χ1v) is 6.11. The Balaban J connectivity index is 2.03. The summed E-state index contributed by atoms with van der Waals surface area (Å²) in [6.45, 7) is 6.30. The molecule has 0 fully saturated rings. The highest BCUT2D eigenvalue weighted by Crippen LogP contribution is 2.26. The quantitative estimate of drug-likeness (QED) is 0.594. The fourth-order valence-electron chi connectivity index (χ4n) is 1.81. The molecule has 1 heterocycles. The average Bonchev–Trinajstić information content (AvgIpc) is 2.71. The second-order valence-electron chi connectivity index (χ2n) is 5.33. The smallest absolute Gasteiger partial charge is 0.331 e. The van der Waals surface area contributed by atoms with Crippen molar-refractivity contribution in [3.63, 3.8) is 0 Å². The standard InChI is InChI=1S/C15H18O3/c1-15(2,3)18-14(16)7-5-11-4-6-13-12(10-11)8-9-17-13/h4-7,10H,8-9H2,1-3H3/b7-5+. The molecule has 2 rings (SSSR count). The molecule has 1 aromatic rings. The molecule has 0 saturated carbocycles. The third-order valence-electron chi connectivity index (χ3n) is 2.53. The number of fused-ring (bicyclic) bond motifs is 1. The fraction of sp³-hybridized carbons (Fsp3) is 0.400. The summed E-state index contributed by atoms with van der Waals surface area (Å²) >= 11 is 0. The maximum Gasteiger partial charge on any atom is 0.331 e. The number of esters is 1. The lowest BCUT2D eigenvalue weighted by atomic mass is 10.1. The molecule has 0 unspecified atom stereocenters. The summed E-state index contributed by atoms with van der Waals surface area (Å²) in [5.74, 6) is 0.628. The molecule has 0 atom stereocenters. The summed E-state index contributed by atoms with van der Waals surface area (Å²) in [4.78, 5) is 11.5. The number of carbonyl (C=O) groups is 1. The molecule has 0 spiro atoms. The third-order valence-corrected chi connectivity index (χ3v) is 2.53. The Hall–Kier alpha value is -1.77. The lowest BCUT2D eigenvalue weighted by Crippen LogP contribution is -2.22. The molecule has 0 aliphatic carbocycles. The average molecular weight is 246 g/mol. The SMILES string of the molecule is CC(C)(C)OC(=O)/C=C/c1ccc2c(c1)CCO2. The van der Waals surface area contributed by atoms with Gasteiger partial charge in [0, 0.05) is 12.5 Å². The second kappa shape index (κ2) is 4.84. The van der Waals surface area contributed by atoms with E-state index in [1.54, 1.807) is 6.08 Å². The Morgan fingerprint density at radius 2 is 2.17 bits per heavy atom. The normalized spacial score (nSPS) is 14.4. The number of carbonyl (C=O) groups excluding carboxylic acids is 1. The zero-order valence-electron chi connectivity index (χ0n) is 11.0. The highest BCUT2D eigenvalue weighted by atomic mass is 16.6. The van der Waals surface area contributed by atoms with Crippen molar-refractivity contribution in [1.82, 2.24) is 0 Å². The summed E-state index contributed by atoms with van der Waals surface area (Å²) < 4.78 is 10.6. The van der Waals surface area contributed by atoms with Gasteiger partial charge in [-0.2, -0.15) is 0 Å². The summed E-state index contributed by atoms with van der Waals surface area (Å²) in [5.41, 5.74) is 1.74.